The number of carbonyl (C=O) groups excluding carboxylic acids is 1. The van der Waals surface area contributed by atoms with Gasteiger partial charge in [-0.1, -0.05) is 6.07 Å². The predicted molar refractivity (Wildman–Crippen MR) is 66.9 cm³/mol. The first-order chi connectivity index (χ1) is 8.27. The van der Waals surface area contributed by atoms with Crippen molar-refractivity contribution in [1.29, 1.82) is 0 Å². The van der Waals surface area contributed by atoms with E-state index < -0.39 is 0 Å². The minimum absolute atomic E-state index is 0.0463. The molecule has 4 nitrogen and oxygen atoms in total. The first kappa shape index (κ1) is 12.0. The zero-order valence-corrected chi connectivity index (χ0v) is 10.2. The molecule has 0 aromatic carbocycles. The molecule has 1 atom stereocenters. The zero-order chi connectivity index (χ0) is 12.1. The Balaban J connectivity index is 1.98. The van der Waals surface area contributed by atoms with E-state index in [1.54, 1.807) is 6.20 Å². The number of carbonyl (C=O) groups is 1. The van der Waals surface area contributed by atoms with Crippen LogP contribution in [0.1, 0.15) is 35.3 Å². The van der Waals surface area contributed by atoms with Crippen LogP contribution in [0.15, 0.2) is 18.3 Å². The Morgan fingerprint density at radius 1 is 1.47 bits per heavy atom. The van der Waals surface area contributed by atoms with Gasteiger partial charge in [0.05, 0.1) is 0 Å². The maximum atomic E-state index is 12.1. The molecule has 1 unspecified atom stereocenters. The van der Waals surface area contributed by atoms with Crippen LogP contribution in [0, 0.1) is 6.92 Å². The molecule has 0 saturated carbocycles. The molecule has 0 spiro atoms. The molecule has 2 N–H and O–H groups in total. The summed E-state index contributed by atoms with van der Waals surface area (Å²) >= 11 is 0. The summed E-state index contributed by atoms with van der Waals surface area (Å²) in [6, 6.07) is 4.04. The summed E-state index contributed by atoms with van der Waals surface area (Å²) < 4.78 is 0. The number of rotatable bonds is 2. The Bertz CT molecular complexity index is 384. The molecule has 1 aromatic rings. The Hall–Kier alpha value is -1.42. The zero-order valence-electron chi connectivity index (χ0n) is 10.2. The highest BCUT2D eigenvalue weighted by molar-refractivity contribution is 5.93. The van der Waals surface area contributed by atoms with Gasteiger partial charge in [0, 0.05) is 12.2 Å². The largest absolute Gasteiger partial charge is 0.348 e. The molecule has 1 aliphatic rings. The monoisotopic (exact) mass is 233 g/mol. The molecule has 1 aromatic heterocycles. The molecule has 0 aliphatic carbocycles. The second-order valence-corrected chi connectivity index (χ2v) is 4.52. The summed E-state index contributed by atoms with van der Waals surface area (Å²) in [5.41, 5.74) is 1.47. The van der Waals surface area contributed by atoms with Gasteiger partial charge in [0.1, 0.15) is 5.69 Å². The van der Waals surface area contributed by atoms with Gasteiger partial charge >= 0.3 is 0 Å². The highest BCUT2D eigenvalue weighted by atomic mass is 16.1. The molecule has 1 saturated heterocycles. The number of nitrogens with zero attached hydrogens (tertiary/aromatic N) is 1. The van der Waals surface area contributed by atoms with Crippen molar-refractivity contribution >= 4 is 5.91 Å². The maximum absolute atomic E-state index is 12.1. The van der Waals surface area contributed by atoms with Crippen molar-refractivity contribution in [3.05, 3.63) is 29.6 Å². The molecule has 0 bridgehead atoms. The average molecular weight is 233 g/mol. The van der Waals surface area contributed by atoms with Crippen LogP contribution < -0.4 is 10.6 Å². The number of aromatic nitrogens is 1. The van der Waals surface area contributed by atoms with Crippen molar-refractivity contribution in [2.75, 3.05) is 13.1 Å². The standard InChI is InChI=1S/C13H19N3O/c1-10-4-2-8-15-12(10)13(17)16-11-5-3-7-14-9-6-11/h2,4,8,11,14H,3,5-7,9H2,1H3,(H,16,17). The molecule has 2 heterocycles. The molecule has 1 fully saturated rings. The highest BCUT2D eigenvalue weighted by Gasteiger charge is 2.17. The van der Waals surface area contributed by atoms with Gasteiger partial charge in [-0.2, -0.15) is 0 Å². The highest BCUT2D eigenvalue weighted by Crippen LogP contribution is 2.08. The number of aryl methyl sites for hydroxylation is 1. The molecule has 0 radical (unpaired) electrons. The summed E-state index contributed by atoms with van der Waals surface area (Å²) in [5, 5.41) is 6.41. The van der Waals surface area contributed by atoms with E-state index >= 15 is 0 Å². The van der Waals surface area contributed by atoms with E-state index in [0.717, 1.165) is 37.9 Å². The molecule has 92 valence electrons. The summed E-state index contributed by atoms with van der Waals surface area (Å²) in [6.07, 6.45) is 4.82. The van der Waals surface area contributed by atoms with Crippen LogP contribution in [0.25, 0.3) is 0 Å². The van der Waals surface area contributed by atoms with E-state index in [0.29, 0.717) is 5.69 Å². The fourth-order valence-corrected chi connectivity index (χ4v) is 2.14. The van der Waals surface area contributed by atoms with Crippen molar-refractivity contribution in [2.45, 2.75) is 32.2 Å². The number of pyridine rings is 1. The molecule has 2 rings (SSSR count). The smallest absolute Gasteiger partial charge is 0.270 e. The molecule has 4 heteroatoms. The Morgan fingerprint density at radius 2 is 2.35 bits per heavy atom. The summed E-state index contributed by atoms with van der Waals surface area (Å²) in [6.45, 7) is 3.94. The van der Waals surface area contributed by atoms with Crippen LogP contribution in [0.4, 0.5) is 0 Å². The molecular formula is C13H19N3O. The lowest BCUT2D eigenvalue weighted by atomic mass is 10.1. The van der Waals surface area contributed by atoms with Crippen molar-refractivity contribution in [1.82, 2.24) is 15.6 Å². The summed E-state index contributed by atoms with van der Waals surface area (Å²) in [5.74, 6) is -0.0463. The molecule has 17 heavy (non-hydrogen) atoms. The Kier molecular flexibility index (Phi) is 4.09. The van der Waals surface area contributed by atoms with Crippen LogP contribution in [-0.4, -0.2) is 30.0 Å². The second kappa shape index (κ2) is 5.77. The minimum Gasteiger partial charge on any atom is -0.348 e. The third-order valence-electron chi connectivity index (χ3n) is 3.14. The average Bonchev–Trinajstić information content (AvgIpc) is 2.58. The SMILES string of the molecule is Cc1cccnc1C(=O)NC1CCCNCC1. The van der Waals surface area contributed by atoms with Gasteiger partial charge in [0.15, 0.2) is 0 Å². The van der Waals surface area contributed by atoms with Gasteiger partial charge in [-0.25, -0.2) is 0 Å². The molecular weight excluding hydrogens is 214 g/mol. The first-order valence-electron chi connectivity index (χ1n) is 6.20. The quantitative estimate of drug-likeness (QED) is 0.808. The van der Waals surface area contributed by atoms with E-state index in [2.05, 4.69) is 15.6 Å². The maximum Gasteiger partial charge on any atom is 0.270 e. The second-order valence-electron chi connectivity index (χ2n) is 4.52. The van der Waals surface area contributed by atoms with Gasteiger partial charge in [-0.3, -0.25) is 9.78 Å². The minimum atomic E-state index is -0.0463. The van der Waals surface area contributed by atoms with E-state index in [1.165, 1.54) is 0 Å². The van der Waals surface area contributed by atoms with E-state index in [9.17, 15) is 4.79 Å². The molecule has 1 aliphatic heterocycles. The lowest BCUT2D eigenvalue weighted by Gasteiger charge is -2.16. The topological polar surface area (TPSA) is 54.0 Å². The van der Waals surface area contributed by atoms with Crippen LogP contribution in [-0.2, 0) is 0 Å². The van der Waals surface area contributed by atoms with E-state index in [4.69, 9.17) is 0 Å². The first-order valence-corrected chi connectivity index (χ1v) is 6.20. The summed E-state index contributed by atoms with van der Waals surface area (Å²) in [4.78, 5) is 16.2. The van der Waals surface area contributed by atoms with Crippen LogP contribution in [0.2, 0.25) is 0 Å². The lowest BCUT2D eigenvalue weighted by Crippen LogP contribution is -2.36. The normalized spacial score (nSPS) is 20.6. The number of hydrogen-bond donors (Lipinski definition) is 2. The van der Waals surface area contributed by atoms with Gasteiger partial charge in [0.25, 0.3) is 5.91 Å². The Labute approximate surface area is 102 Å². The number of nitrogens with one attached hydrogen (secondary N) is 2. The summed E-state index contributed by atoms with van der Waals surface area (Å²) in [7, 11) is 0. The molecule has 1 amide bonds. The van der Waals surface area contributed by atoms with Gasteiger partial charge in [-0.05, 0) is 50.9 Å². The van der Waals surface area contributed by atoms with Gasteiger partial charge in [0.2, 0.25) is 0 Å². The predicted octanol–water partition coefficient (Wildman–Crippen LogP) is 1.26. The Morgan fingerprint density at radius 3 is 3.18 bits per heavy atom. The van der Waals surface area contributed by atoms with Gasteiger partial charge in [-0.15, -0.1) is 0 Å². The van der Waals surface area contributed by atoms with Gasteiger partial charge < -0.3 is 10.6 Å². The van der Waals surface area contributed by atoms with E-state index in [1.807, 2.05) is 19.1 Å². The van der Waals surface area contributed by atoms with Crippen LogP contribution in [0.5, 0.6) is 0 Å². The third kappa shape index (κ3) is 3.27. The van der Waals surface area contributed by atoms with Crippen molar-refractivity contribution < 1.29 is 4.79 Å². The van der Waals surface area contributed by atoms with Crippen LogP contribution >= 0.6 is 0 Å². The fraction of sp³-hybridized carbons (Fsp3) is 0.538. The van der Waals surface area contributed by atoms with Crippen LogP contribution in [0.3, 0.4) is 0 Å². The van der Waals surface area contributed by atoms with Crippen molar-refractivity contribution in [3.63, 3.8) is 0 Å². The lowest BCUT2D eigenvalue weighted by molar-refractivity contribution is 0.0928. The van der Waals surface area contributed by atoms with E-state index in [-0.39, 0.29) is 11.9 Å². The van der Waals surface area contributed by atoms with Crippen molar-refractivity contribution in [2.24, 2.45) is 0 Å². The number of hydrogen-bond acceptors (Lipinski definition) is 3. The third-order valence-corrected chi connectivity index (χ3v) is 3.14. The number of amides is 1. The fourth-order valence-electron chi connectivity index (χ4n) is 2.14. The van der Waals surface area contributed by atoms with Crippen molar-refractivity contribution in [3.8, 4) is 0 Å².